The normalized spacial score (nSPS) is 11.1. The Labute approximate surface area is 115 Å². The lowest BCUT2D eigenvalue weighted by Crippen LogP contribution is -2.41. The van der Waals surface area contributed by atoms with E-state index in [9.17, 15) is 4.79 Å². The molecule has 0 unspecified atom stereocenters. The predicted octanol–water partition coefficient (Wildman–Crippen LogP) is 3.07. The number of aryl methyl sites for hydroxylation is 2. The molecule has 0 aliphatic heterocycles. The maximum absolute atomic E-state index is 11.9. The van der Waals surface area contributed by atoms with Crippen LogP contribution in [0.2, 0.25) is 0 Å². The van der Waals surface area contributed by atoms with Crippen molar-refractivity contribution >= 4 is 11.7 Å². The molecule has 0 spiro atoms. The first-order valence-electron chi connectivity index (χ1n) is 6.42. The van der Waals surface area contributed by atoms with Crippen molar-refractivity contribution in [3.05, 3.63) is 23.3 Å². The zero-order valence-electron chi connectivity index (χ0n) is 12.6. The standard InChI is InChI=1S/C15H23NO3/c1-7-19-14(17)15(4,5)16-12-8-11(3)13(18-6)9-10(12)2/h8-9,16H,7H2,1-6H3. The summed E-state index contributed by atoms with van der Waals surface area (Å²) < 4.78 is 10.3. The maximum atomic E-state index is 11.9. The summed E-state index contributed by atoms with van der Waals surface area (Å²) in [7, 11) is 1.65. The molecule has 0 aliphatic rings. The van der Waals surface area contributed by atoms with E-state index in [0.29, 0.717) is 6.61 Å². The van der Waals surface area contributed by atoms with Gasteiger partial charge in [0.1, 0.15) is 11.3 Å². The van der Waals surface area contributed by atoms with E-state index in [1.165, 1.54) is 0 Å². The number of carbonyl (C=O) groups is 1. The molecule has 1 aromatic rings. The third-order valence-corrected chi connectivity index (χ3v) is 2.97. The first-order valence-corrected chi connectivity index (χ1v) is 6.42. The molecule has 19 heavy (non-hydrogen) atoms. The molecule has 0 radical (unpaired) electrons. The molecule has 0 atom stereocenters. The quantitative estimate of drug-likeness (QED) is 0.831. The Morgan fingerprint density at radius 2 is 1.89 bits per heavy atom. The second kappa shape index (κ2) is 5.95. The van der Waals surface area contributed by atoms with Crippen molar-refractivity contribution in [1.29, 1.82) is 0 Å². The molecule has 4 heteroatoms. The number of methoxy groups -OCH3 is 1. The van der Waals surface area contributed by atoms with E-state index in [0.717, 1.165) is 22.6 Å². The molecule has 0 bridgehead atoms. The second-order valence-corrected chi connectivity index (χ2v) is 5.11. The van der Waals surface area contributed by atoms with E-state index in [-0.39, 0.29) is 5.97 Å². The number of hydrogen-bond acceptors (Lipinski definition) is 4. The van der Waals surface area contributed by atoms with Crippen LogP contribution in [0, 0.1) is 13.8 Å². The molecule has 0 heterocycles. The topological polar surface area (TPSA) is 47.6 Å². The molecule has 106 valence electrons. The summed E-state index contributed by atoms with van der Waals surface area (Å²) in [6.45, 7) is 9.75. The van der Waals surface area contributed by atoms with Gasteiger partial charge in [-0.2, -0.15) is 0 Å². The third kappa shape index (κ3) is 3.63. The Kier molecular flexibility index (Phi) is 4.81. The second-order valence-electron chi connectivity index (χ2n) is 5.11. The Balaban J connectivity index is 2.99. The van der Waals surface area contributed by atoms with Crippen molar-refractivity contribution in [1.82, 2.24) is 0 Å². The van der Waals surface area contributed by atoms with Gasteiger partial charge in [0.05, 0.1) is 13.7 Å². The van der Waals surface area contributed by atoms with Crippen LogP contribution in [0.3, 0.4) is 0 Å². The number of nitrogens with one attached hydrogen (secondary N) is 1. The van der Waals surface area contributed by atoms with Crippen LogP contribution in [0.5, 0.6) is 5.75 Å². The van der Waals surface area contributed by atoms with Gasteiger partial charge < -0.3 is 14.8 Å². The number of hydrogen-bond donors (Lipinski definition) is 1. The van der Waals surface area contributed by atoms with E-state index in [1.807, 2.05) is 39.8 Å². The van der Waals surface area contributed by atoms with Crippen LogP contribution in [0.15, 0.2) is 12.1 Å². The lowest BCUT2D eigenvalue weighted by Gasteiger charge is -2.26. The summed E-state index contributed by atoms with van der Waals surface area (Å²) in [5.41, 5.74) is 2.20. The molecule has 4 nitrogen and oxygen atoms in total. The molecule has 0 aromatic heterocycles. The average molecular weight is 265 g/mol. The smallest absolute Gasteiger partial charge is 0.331 e. The zero-order valence-corrected chi connectivity index (χ0v) is 12.6. The summed E-state index contributed by atoms with van der Waals surface area (Å²) >= 11 is 0. The van der Waals surface area contributed by atoms with E-state index in [2.05, 4.69) is 5.32 Å². The Morgan fingerprint density at radius 3 is 2.42 bits per heavy atom. The van der Waals surface area contributed by atoms with Crippen molar-refractivity contribution in [2.24, 2.45) is 0 Å². The highest BCUT2D eigenvalue weighted by atomic mass is 16.5. The fourth-order valence-electron chi connectivity index (χ4n) is 1.84. The first kappa shape index (κ1) is 15.3. The monoisotopic (exact) mass is 265 g/mol. The van der Waals surface area contributed by atoms with Crippen LogP contribution >= 0.6 is 0 Å². The summed E-state index contributed by atoms with van der Waals surface area (Å²) in [6.07, 6.45) is 0. The van der Waals surface area contributed by atoms with Gasteiger partial charge in [-0.25, -0.2) is 4.79 Å². The predicted molar refractivity (Wildman–Crippen MR) is 76.8 cm³/mol. The fourth-order valence-corrected chi connectivity index (χ4v) is 1.84. The Hall–Kier alpha value is -1.71. The van der Waals surface area contributed by atoms with Gasteiger partial charge in [0.25, 0.3) is 0 Å². The van der Waals surface area contributed by atoms with Crippen molar-refractivity contribution in [3.8, 4) is 5.75 Å². The van der Waals surface area contributed by atoms with Gasteiger partial charge in [-0.3, -0.25) is 0 Å². The molecule has 0 amide bonds. The highest BCUT2D eigenvalue weighted by Crippen LogP contribution is 2.28. The van der Waals surface area contributed by atoms with Gasteiger partial charge >= 0.3 is 5.97 Å². The number of carbonyl (C=O) groups excluding carboxylic acids is 1. The summed E-state index contributed by atoms with van der Waals surface area (Å²) in [6, 6.07) is 3.94. The van der Waals surface area contributed by atoms with E-state index in [1.54, 1.807) is 14.0 Å². The molecule has 0 saturated heterocycles. The van der Waals surface area contributed by atoms with Crippen molar-refractivity contribution in [2.75, 3.05) is 19.0 Å². The van der Waals surface area contributed by atoms with Gasteiger partial charge in [-0.15, -0.1) is 0 Å². The van der Waals surface area contributed by atoms with Gasteiger partial charge in [-0.05, 0) is 57.9 Å². The number of anilines is 1. The highest BCUT2D eigenvalue weighted by Gasteiger charge is 2.29. The van der Waals surface area contributed by atoms with Crippen LogP contribution in [-0.4, -0.2) is 25.2 Å². The SMILES string of the molecule is CCOC(=O)C(C)(C)Nc1cc(C)c(OC)cc1C. The van der Waals surface area contributed by atoms with Gasteiger partial charge in [0.15, 0.2) is 0 Å². The van der Waals surface area contributed by atoms with Crippen LogP contribution in [0.4, 0.5) is 5.69 Å². The molecule has 0 aliphatic carbocycles. The minimum absolute atomic E-state index is 0.261. The van der Waals surface area contributed by atoms with Gasteiger partial charge in [0, 0.05) is 5.69 Å². The van der Waals surface area contributed by atoms with E-state index < -0.39 is 5.54 Å². The zero-order chi connectivity index (χ0) is 14.6. The van der Waals surface area contributed by atoms with Crippen LogP contribution in [-0.2, 0) is 9.53 Å². The number of esters is 1. The molecule has 1 rings (SSSR count). The van der Waals surface area contributed by atoms with Crippen LogP contribution in [0.25, 0.3) is 0 Å². The third-order valence-electron chi connectivity index (χ3n) is 2.97. The van der Waals surface area contributed by atoms with E-state index >= 15 is 0 Å². The number of ether oxygens (including phenoxy) is 2. The number of rotatable bonds is 5. The largest absolute Gasteiger partial charge is 0.496 e. The Bertz CT molecular complexity index is 467. The minimum Gasteiger partial charge on any atom is -0.496 e. The Morgan fingerprint density at radius 1 is 1.26 bits per heavy atom. The molecule has 1 N–H and O–H groups in total. The van der Waals surface area contributed by atoms with Crippen molar-refractivity contribution < 1.29 is 14.3 Å². The maximum Gasteiger partial charge on any atom is 0.331 e. The first-order chi connectivity index (χ1) is 8.81. The van der Waals surface area contributed by atoms with Gasteiger partial charge in [0.2, 0.25) is 0 Å². The fraction of sp³-hybridized carbons (Fsp3) is 0.533. The van der Waals surface area contributed by atoms with E-state index in [4.69, 9.17) is 9.47 Å². The lowest BCUT2D eigenvalue weighted by molar-refractivity contribution is -0.147. The van der Waals surface area contributed by atoms with Crippen LogP contribution < -0.4 is 10.1 Å². The summed E-state index contributed by atoms with van der Waals surface area (Å²) in [4.78, 5) is 11.9. The molecular weight excluding hydrogens is 242 g/mol. The van der Waals surface area contributed by atoms with Gasteiger partial charge in [-0.1, -0.05) is 0 Å². The average Bonchev–Trinajstić information content (AvgIpc) is 2.33. The molecule has 0 fully saturated rings. The lowest BCUT2D eigenvalue weighted by atomic mass is 10.0. The summed E-state index contributed by atoms with van der Waals surface area (Å²) in [5, 5.41) is 3.23. The van der Waals surface area contributed by atoms with Crippen LogP contribution in [0.1, 0.15) is 31.9 Å². The minimum atomic E-state index is -0.762. The number of benzene rings is 1. The molecule has 1 aromatic carbocycles. The summed E-state index contributed by atoms with van der Waals surface area (Å²) in [5.74, 6) is 0.583. The highest BCUT2D eigenvalue weighted by molar-refractivity contribution is 5.84. The van der Waals surface area contributed by atoms with Crippen molar-refractivity contribution in [2.45, 2.75) is 40.2 Å². The van der Waals surface area contributed by atoms with Crippen molar-refractivity contribution in [3.63, 3.8) is 0 Å². The molecular formula is C15H23NO3. The molecule has 0 saturated carbocycles.